The summed E-state index contributed by atoms with van der Waals surface area (Å²) in [5.41, 5.74) is 7.54. The number of piperazine rings is 1. The smallest absolute Gasteiger partial charge is 0.0691 e. The number of halogens is 1. The number of anilines is 1. The molecule has 0 spiro atoms. The van der Waals surface area contributed by atoms with Crippen molar-refractivity contribution in [1.82, 2.24) is 14.7 Å². The average molecular weight is 465 g/mol. The van der Waals surface area contributed by atoms with Gasteiger partial charge < -0.3 is 4.90 Å². The molecule has 1 aromatic heterocycles. The van der Waals surface area contributed by atoms with Crippen LogP contribution in [0.2, 0.25) is 5.02 Å². The molecule has 0 N–H and O–H groups in total. The van der Waals surface area contributed by atoms with Gasteiger partial charge in [-0.3, -0.25) is 9.58 Å². The maximum atomic E-state index is 6.10. The van der Waals surface area contributed by atoms with Gasteiger partial charge in [-0.15, -0.1) is 0 Å². The fourth-order valence-electron chi connectivity index (χ4n) is 4.75. The molecule has 0 aliphatic carbocycles. The molecular weight excluding hydrogens is 428 g/mol. The van der Waals surface area contributed by atoms with Crippen LogP contribution < -0.4 is 4.90 Å². The van der Waals surface area contributed by atoms with Gasteiger partial charge in [0.15, 0.2) is 0 Å². The summed E-state index contributed by atoms with van der Waals surface area (Å²) in [5.74, 6) is 0. The summed E-state index contributed by atoms with van der Waals surface area (Å²) in [7, 11) is 0. The quantitative estimate of drug-likeness (QED) is 0.426. The zero-order valence-corrected chi connectivity index (χ0v) is 21.5. The highest BCUT2D eigenvalue weighted by molar-refractivity contribution is 6.30. The van der Waals surface area contributed by atoms with E-state index in [9.17, 15) is 0 Å². The van der Waals surface area contributed by atoms with Crippen LogP contribution in [0.25, 0.3) is 11.3 Å². The molecule has 0 bridgehead atoms. The molecule has 5 heteroatoms. The van der Waals surface area contributed by atoms with Crippen LogP contribution in [0.1, 0.15) is 44.0 Å². The third kappa shape index (κ3) is 5.80. The lowest BCUT2D eigenvalue weighted by atomic mass is 10.1. The zero-order valence-electron chi connectivity index (χ0n) is 20.7. The van der Waals surface area contributed by atoms with Crippen LogP contribution in [0.3, 0.4) is 0 Å². The maximum Gasteiger partial charge on any atom is 0.0691 e. The molecule has 33 heavy (non-hydrogen) atoms. The number of nitrogens with zero attached hydrogens (tertiary/aromatic N) is 4. The van der Waals surface area contributed by atoms with E-state index in [0.717, 1.165) is 61.8 Å². The van der Waals surface area contributed by atoms with E-state index in [1.807, 2.05) is 12.1 Å². The van der Waals surface area contributed by atoms with Crippen molar-refractivity contribution in [3.05, 3.63) is 70.4 Å². The summed E-state index contributed by atoms with van der Waals surface area (Å²) in [6.07, 6.45) is 2.13. The van der Waals surface area contributed by atoms with Gasteiger partial charge in [-0.1, -0.05) is 41.4 Å². The Kier molecular flexibility index (Phi) is 7.16. The normalized spacial score (nSPS) is 15.3. The van der Waals surface area contributed by atoms with E-state index >= 15 is 0 Å². The first-order chi connectivity index (χ1) is 15.7. The molecule has 1 saturated heterocycles. The second-order valence-corrected chi connectivity index (χ2v) is 10.8. The molecule has 1 fully saturated rings. The number of aromatic nitrogens is 2. The van der Waals surface area contributed by atoms with Gasteiger partial charge in [0.25, 0.3) is 0 Å². The molecule has 0 radical (unpaired) electrons. The largest absolute Gasteiger partial charge is 0.369 e. The van der Waals surface area contributed by atoms with Crippen LogP contribution in [-0.2, 0) is 12.0 Å². The summed E-state index contributed by atoms with van der Waals surface area (Å²) in [6.45, 7) is 16.6. The molecule has 1 aliphatic rings. The molecule has 0 atom stereocenters. The van der Waals surface area contributed by atoms with Crippen molar-refractivity contribution in [2.24, 2.45) is 0 Å². The van der Waals surface area contributed by atoms with Gasteiger partial charge in [-0.2, -0.15) is 5.10 Å². The van der Waals surface area contributed by atoms with Crippen LogP contribution in [-0.4, -0.2) is 47.4 Å². The van der Waals surface area contributed by atoms with Crippen molar-refractivity contribution in [3.63, 3.8) is 0 Å². The molecule has 4 nitrogen and oxygen atoms in total. The topological polar surface area (TPSA) is 24.3 Å². The van der Waals surface area contributed by atoms with Gasteiger partial charge in [0.2, 0.25) is 0 Å². The third-order valence-electron chi connectivity index (χ3n) is 6.51. The lowest BCUT2D eigenvalue weighted by molar-refractivity contribution is 0.254. The Bertz CT molecular complexity index is 1070. The first-order valence-electron chi connectivity index (χ1n) is 12.1. The van der Waals surface area contributed by atoms with Crippen molar-refractivity contribution in [2.45, 2.75) is 53.0 Å². The maximum absolute atomic E-state index is 6.10. The van der Waals surface area contributed by atoms with Crippen molar-refractivity contribution in [1.29, 1.82) is 0 Å². The van der Waals surface area contributed by atoms with Gasteiger partial charge in [-0.05, 0) is 89.4 Å². The molecule has 176 valence electrons. The zero-order chi connectivity index (χ0) is 23.6. The van der Waals surface area contributed by atoms with Gasteiger partial charge in [0, 0.05) is 36.9 Å². The summed E-state index contributed by atoms with van der Waals surface area (Å²) < 4.78 is 2.16. The minimum atomic E-state index is -0.0718. The van der Waals surface area contributed by atoms with E-state index in [2.05, 4.69) is 85.5 Å². The summed E-state index contributed by atoms with van der Waals surface area (Å²) >= 11 is 6.10. The Morgan fingerprint density at radius 2 is 1.61 bits per heavy atom. The van der Waals surface area contributed by atoms with Crippen molar-refractivity contribution in [3.8, 4) is 11.3 Å². The highest BCUT2D eigenvalue weighted by atomic mass is 35.5. The van der Waals surface area contributed by atoms with Crippen LogP contribution in [0.4, 0.5) is 5.69 Å². The fourth-order valence-corrected chi connectivity index (χ4v) is 4.87. The Morgan fingerprint density at radius 3 is 2.24 bits per heavy atom. The summed E-state index contributed by atoms with van der Waals surface area (Å²) in [6, 6.07) is 17.1. The number of benzene rings is 2. The van der Waals surface area contributed by atoms with Gasteiger partial charge in [-0.25, -0.2) is 0 Å². The Hall–Kier alpha value is -2.30. The SMILES string of the molecule is Cc1ccc(N2CCN(CCCc3cc(-c4ccc(Cl)cc4)n(C(C)(C)C)n3)CC2)c(C)c1. The van der Waals surface area contributed by atoms with Gasteiger partial charge >= 0.3 is 0 Å². The average Bonchev–Trinajstić information content (AvgIpc) is 3.20. The van der Waals surface area contributed by atoms with Gasteiger partial charge in [0.05, 0.1) is 16.9 Å². The molecule has 1 aliphatic heterocycles. The first kappa shape index (κ1) is 23.8. The Labute approximate surface area is 204 Å². The van der Waals surface area contributed by atoms with Crippen LogP contribution in [0.5, 0.6) is 0 Å². The summed E-state index contributed by atoms with van der Waals surface area (Å²) in [5, 5.41) is 5.75. The number of hydrogen-bond donors (Lipinski definition) is 0. The first-order valence-corrected chi connectivity index (χ1v) is 12.5. The van der Waals surface area contributed by atoms with Crippen molar-refractivity contribution < 1.29 is 0 Å². The second kappa shape index (κ2) is 9.90. The molecule has 0 unspecified atom stereocenters. The Morgan fingerprint density at radius 1 is 0.909 bits per heavy atom. The lowest BCUT2D eigenvalue weighted by Crippen LogP contribution is -2.46. The Balaban J connectivity index is 1.34. The highest BCUT2D eigenvalue weighted by Crippen LogP contribution is 2.28. The second-order valence-electron chi connectivity index (χ2n) is 10.3. The van der Waals surface area contributed by atoms with E-state index in [1.165, 1.54) is 22.5 Å². The molecule has 0 amide bonds. The lowest BCUT2D eigenvalue weighted by Gasteiger charge is -2.37. The number of rotatable bonds is 6. The molecule has 2 heterocycles. The molecule has 3 aromatic rings. The predicted molar refractivity (Wildman–Crippen MR) is 141 cm³/mol. The highest BCUT2D eigenvalue weighted by Gasteiger charge is 2.21. The standard InChI is InChI=1S/C28H37ClN4/c1-21-8-13-26(22(2)19-21)32-17-15-31(16-18-32)14-6-7-25-20-27(33(30-25)28(3,4)5)23-9-11-24(29)12-10-23/h8-13,19-20H,6-7,14-18H2,1-5H3. The van der Waals surface area contributed by atoms with Crippen LogP contribution in [0.15, 0.2) is 48.5 Å². The van der Waals surface area contributed by atoms with Crippen molar-refractivity contribution >= 4 is 17.3 Å². The van der Waals surface area contributed by atoms with Crippen LogP contribution >= 0.6 is 11.6 Å². The monoisotopic (exact) mass is 464 g/mol. The van der Waals surface area contributed by atoms with E-state index < -0.39 is 0 Å². The van der Waals surface area contributed by atoms with E-state index in [1.54, 1.807) is 0 Å². The molecular formula is C28H37ClN4. The minimum Gasteiger partial charge on any atom is -0.369 e. The number of aryl methyl sites for hydroxylation is 3. The number of hydrogen-bond acceptors (Lipinski definition) is 3. The fraction of sp³-hybridized carbons (Fsp3) is 0.464. The third-order valence-corrected chi connectivity index (χ3v) is 6.76. The van der Waals surface area contributed by atoms with Crippen molar-refractivity contribution in [2.75, 3.05) is 37.6 Å². The molecule has 0 saturated carbocycles. The minimum absolute atomic E-state index is 0.0718. The van der Waals surface area contributed by atoms with Crippen LogP contribution in [0, 0.1) is 13.8 Å². The van der Waals surface area contributed by atoms with E-state index in [0.29, 0.717) is 0 Å². The summed E-state index contributed by atoms with van der Waals surface area (Å²) in [4.78, 5) is 5.13. The molecule has 4 rings (SSSR count). The molecule has 2 aromatic carbocycles. The van der Waals surface area contributed by atoms with Gasteiger partial charge in [0.1, 0.15) is 0 Å². The van der Waals surface area contributed by atoms with E-state index in [-0.39, 0.29) is 5.54 Å². The van der Waals surface area contributed by atoms with E-state index in [4.69, 9.17) is 16.7 Å². The predicted octanol–water partition coefficient (Wildman–Crippen LogP) is 6.33.